The molecule has 1 N–H and O–H groups in total. The molecule has 3 nitrogen and oxygen atoms in total. The molecule has 0 aromatic heterocycles. The van der Waals surface area contributed by atoms with Gasteiger partial charge in [0.05, 0.1) is 5.41 Å². The van der Waals surface area contributed by atoms with Gasteiger partial charge < -0.3 is 9.84 Å². The Bertz CT molecular complexity index is 291. The SMILES string of the molecule is CC1CCC(CCCOCC(F)(F)F)(C(=O)O)C1. The molecule has 1 rings (SSSR count). The molecule has 0 spiro atoms. The van der Waals surface area contributed by atoms with E-state index in [4.69, 9.17) is 0 Å². The third-order valence-corrected chi connectivity index (χ3v) is 3.52. The van der Waals surface area contributed by atoms with Crippen LogP contribution in [-0.4, -0.2) is 30.5 Å². The molecule has 1 saturated carbocycles. The Morgan fingerprint density at radius 2 is 2.17 bits per heavy atom. The van der Waals surface area contributed by atoms with Crippen molar-refractivity contribution in [2.45, 2.75) is 45.2 Å². The van der Waals surface area contributed by atoms with Gasteiger partial charge in [-0.3, -0.25) is 4.79 Å². The standard InChI is InChI=1S/C12H19F3O3/c1-9-3-5-11(7-9,10(16)17)4-2-6-18-8-12(13,14)15/h9H,2-8H2,1H3,(H,16,17). The fourth-order valence-corrected chi connectivity index (χ4v) is 2.62. The normalized spacial score (nSPS) is 28.6. The second kappa shape index (κ2) is 5.91. The van der Waals surface area contributed by atoms with Crippen LogP contribution in [0.15, 0.2) is 0 Å². The van der Waals surface area contributed by atoms with Crippen LogP contribution in [0, 0.1) is 11.3 Å². The van der Waals surface area contributed by atoms with Crippen molar-refractivity contribution in [3.8, 4) is 0 Å². The van der Waals surface area contributed by atoms with Gasteiger partial charge in [-0.2, -0.15) is 13.2 Å². The van der Waals surface area contributed by atoms with Crippen molar-refractivity contribution in [1.29, 1.82) is 0 Å². The van der Waals surface area contributed by atoms with Gasteiger partial charge >= 0.3 is 12.1 Å². The summed E-state index contributed by atoms with van der Waals surface area (Å²) in [5.74, 6) is -0.458. The van der Waals surface area contributed by atoms with E-state index in [1.807, 2.05) is 6.92 Å². The molecule has 2 atom stereocenters. The maximum Gasteiger partial charge on any atom is 0.411 e. The number of ether oxygens (including phenoxy) is 1. The Morgan fingerprint density at radius 3 is 2.61 bits per heavy atom. The maximum atomic E-state index is 11.8. The summed E-state index contributed by atoms with van der Waals surface area (Å²) in [5, 5.41) is 9.25. The van der Waals surface area contributed by atoms with Crippen molar-refractivity contribution in [3.05, 3.63) is 0 Å². The number of rotatable bonds is 6. The van der Waals surface area contributed by atoms with Gasteiger partial charge in [-0.25, -0.2) is 0 Å². The Kier molecular flexibility index (Phi) is 5.01. The van der Waals surface area contributed by atoms with E-state index in [-0.39, 0.29) is 6.61 Å². The lowest BCUT2D eigenvalue weighted by Gasteiger charge is -2.24. The number of carbonyl (C=O) groups is 1. The molecule has 0 aromatic rings. The van der Waals surface area contributed by atoms with Crippen molar-refractivity contribution in [1.82, 2.24) is 0 Å². The van der Waals surface area contributed by atoms with Gasteiger partial charge in [0, 0.05) is 6.61 Å². The molecule has 1 fully saturated rings. The average Bonchev–Trinajstić information content (AvgIpc) is 2.59. The van der Waals surface area contributed by atoms with Crippen LogP contribution in [-0.2, 0) is 9.53 Å². The third-order valence-electron chi connectivity index (χ3n) is 3.52. The van der Waals surface area contributed by atoms with Crippen molar-refractivity contribution < 1.29 is 27.8 Å². The van der Waals surface area contributed by atoms with Crippen molar-refractivity contribution in [2.24, 2.45) is 11.3 Å². The quantitative estimate of drug-likeness (QED) is 0.752. The smallest absolute Gasteiger partial charge is 0.411 e. The van der Waals surface area contributed by atoms with E-state index in [9.17, 15) is 23.1 Å². The molecule has 0 saturated heterocycles. The number of halogens is 3. The van der Waals surface area contributed by atoms with Crippen LogP contribution in [0.3, 0.4) is 0 Å². The second-order valence-electron chi connectivity index (χ2n) is 5.20. The molecule has 0 aromatic carbocycles. The van der Waals surface area contributed by atoms with Crippen molar-refractivity contribution >= 4 is 5.97 Å². The molecular weight excluding hydrogens is 249 g/mol. The number of carboxylic acid groups (broad SMARTS) is 1. The van der Waals surface area contributed by atoms with Crippen LogP contribution in [0.2, 0.25) is 0 Å². The first-order chi connectivity index (χ1) is 8.25. The van der Waals surface area contributed by atoms with E-state index in [1.54, 1.807) is 0 Å². The van der Waals surface area contributed by atoms with Crippen LogP contribution in [0.4, 0.5) is 13.2 Å². The van der Waals surface area contributed by atoms with Crippen LogP contribution >= 0.6 is 0 Å². The van der Waals surface area contributed by atoms with Gasteiger partial charge in [0.15, 0.2) is 0 Å². The topological polar surface area (TPSA) is 46.5 Å². The summed E-state index contributed by atoms with van der Waals surface area (Å²) in [6.07, 6.45) is -1.47. The Hall–Kier alpha value is -0.780. The minimum Gasteiger partial charge on any atom is -0.481 e. The maximum absolute atomic E-state index is 11.8. The Labute approximate surface area is 104 Å². The number of hydrogen-bond acceptors (Lipinski definition) is 2. The average molecular weight is 268 g/mol. The predicted molar refractivity (Wildman–Crippen MR) is 59.2 cm³/mol. The summed E-state index contributed by atoms with van der Waals surface area (Å²) >= 11 is 0. The van der Waals surface area contributed by atoms with E-state index < -0.39 is 24.2 Å². The molecule has 0 amide bonds. The van der Waals surface area contributed by atoms with E-state index in [1.165, 1.54) is 0 Å². The molecule has 18 heavy (non-hydrogen) atoms. The molecule has 0 aliphatic heterocycles. The molecule has 1 aliphatic carbocycles. The highest BCUT2D eigenvalue weighted by Gasteiger charge is 2.43. The van der Waals surface area contributed by atoms with E-state index in [0.29, 0.717) is 31.6 Å². The lowest BCUT2D eigenvalue weighted by atomic mass is 9.81. The van der Waals surface area contributed by atoms with Gasteiger partial charge in [0.2, 0.25) is 0 Å². The first-order valence-electron chi connectivity index (χ1n) is 6.13. The van der Waals surface area contributed by atoms with Crippen molar-refractivity contribution in [2.75, 3.05) is 13.2 Å². The fourth-order valence-electron chi connectivity index (χ4n) is 2.62. The zero-order valence-electron chi connectivity index (χ0n) is 10.4. The minimum atomic E-state index is -4.31. The van der Waals surface area contributed by atoms with E-state index in [0.717, 1.165) is 6.42 Å². The highest BCUT2D eigenvalue weighted by molar-refractivity contribution is 5.75. The molecule has 106 valence electrons. The van der Waals surface area contributed by atoms with E-state index >= 15 is 0 Å². The lowest BCUT2D eigenvalue weighted by molar-refractivity contribution is -0.174. The first-order valence-corrected chi connectivity index (χ1v) is 6.13. The van der Waals surface area contributed by atoms with Gasteiger partial charge in [-0.15, -0.1) is 0 Å². The predicted octanol–water partition coefficient (Wildman–Crippen LogP) is 3.24. The molecule has 1 aliphatic rings. The van der Waals surface area contributed by atoms with E-state index in [2.05, 4.69) is 4.74 Å². The fraction of sp³-hybridized carbons (Fsp3) is 0.917. The summed E-state index contributed by atoms with van der Waals surface area (Å²) in [5.41, 5.74) is -0.749. The largest absolute Gasteiger partial charge is 0.481 e. The Balaban J connectivity index is 2.30. The minimum absolute atomic E-state index is 0.0388. The van der Waals surface area contributed by atoms with Gasteiger partial charge in [0.1, 0.15) is 6.61 Å². The number of hydrogen-bond donors (Lipinski definition) is 1. The highest BCUT2D eigenvalue weighted by Crippen LogP contribution is 2.45. The van der Waals surface area contributed by atoms with Crippen LogP contribution < -0.4 is 0 Å². The lowest BCUT2D eigenvalue weighted by Crippen LogP contribution is -2.28. The monoisotopic (exact) mass is 268 g/mol. The summed E-state index contributed by atoms with van der Waals surface area (Å²) in [6, 6.07) is 0. The van der Waals surface area contributed by atoms with Gasteiger partial charge in [0.25, 0.3) is 0 Å². The summed E-state index contributed by atoms with van der Waals surface area (Å²) < 4.78 is 40.0. The van der Waals surface area contributed by atoms with Crippen LogP contribution in [0.5, 0.6) is 0 Å². The summed E-state index contributed by atoms with van der Waals surface area (Å²) in [6.45, 7) is 0.706. The molecule has 0 heterocycles. The van der Waals surface area contributed by atoms with Gasteiger partial charge in [-0.05, 0) is 38.0 Å². The van der Waals surface area contributed by atoms with Crippen LogP contribution in [0.25, 0.3) is 0 Å². The Morgan fingerprint density at radius 1 is 1.50 bits per heavy atom. The zero-order valence-corrected chi connectivity index (χ0v) is 10.4. The van der Waals surface area contributed by atoms with Gasteiger partial charge in [-0.1, -0.05) is 6.92 Å². The number of alkyl halides is 3. The molecule has 0 radical (unpaired) electrons. The highest BCUT2D eigenvalue weighted by atomic mass is 19.4. The zero-order chi connectivity index (χ0) is 13.8. The third kappa shape index (κ3) is 4.48. The van der Waals surface area contributed by atoms with Crippen molar-refractivity contribution in [3.63, 3.8) is 0 Å². The summed E-state index contributed by atoms with van der Waals surface area (Å²) in [7, 11) is 0. The first kappa shape index (κ1) is 15.3. The molecule has 6 heteroatoms. The molecule has 2 unspecified atom stereocenters. The summed E-state index contributed by atoms with van der Waals surface area (Å²) in [4.78, 5) is 11.3. The number of aliphatic carboxylic acids is 1. The molecule has 0 bridgehead atoms. The van der Waals surface area contributed by atoms with Crippen LogP contribution in [0.1, 0.15) is 39.0 Å². The molecular formula is C12H19F3O3. The number of carboxylic acids is 1. The second-order valence-corrected chi connectivity index (χ2v) is 5.20.